The maximum Gasteiger partial charge on any atom is 0.418 e. The minimum atomic E-state index is -4.63. The highest BCUT2D eigenvalue weighted by atomic mass is 19.4. The molecule has 1 heterocycles. The lowest BCUT2D eigenvalue weighted by Gasteiger charge is -2.13. The van der Waals surface area contributed by atoms with E-state index < -0.39 is 23.3 Å². The van der Waals surface area contributed by atoms with Gasteiger partial charge in [-0.25, -0.2) is 0 Å². The number of furan rings is 1. The molecule has 0 radical (unpaired) electrons. The van der Waals surface area contributed by atoms with Gasteiger partial charge in [-0.1, -0.05) is 42.0 Å². The molecule has 0 bridgehead atoms. The molecular formula is C22H15F3N2O2. The van der Waals surface area contributed by atoms with Crippen molar-refractivity contribution in [1.29, 1.82) is 5.26 Å². The highest BCUT2D eigenvalue weighted by Crippen LogP contribution is 2.34. The predicted molar refractivity (Wildman–Crippen MR) is 103 cm³/mol. The first-order valence-corrected chi connectivity index (χ1v) is 8.54. The van der Waals surface area contributed by atoms with Crippen LogP contribution in [0, 0.1) is 18.3 Å². The SMILES string of the molecule is Cc1ccc(-c2ccc(/C=C(\C#N)C(=O)Nc3ccccc3C(F)(F)F)o2)cc1. The van der Waals surface area contributed by atoms with E-state index in [1.165, 1.54) is 18.2 Å². The van der Waals surface area contributed by atoms with Crippen LogP contribution >= 0.6 is 0 Å². The van der Waals surface area contributed by atoms with Crippen molar-refractivity contribution in [1.82, 2.24) is 0 Å². The topological polar surface area (TPSA) is 66.0 Å². The summed E-state index contributed by atoms with van der Waals surface area (Å²) in [7, 11) is 0. The smallest absolute Gasteiger partial charge is 0.418 e. The van der Waals surface area contributed by atoms with Gasteiger partial charge in [-0.3, -0.25) is 4.79 Å². The Morgan fingerprint density at radius 3 is 2.41 bits per heavy atom. The molecule has 4 nitrogen and oxygen atoms in total. The summed E-state index contributed by atoms with van der Waals surface area (Å²) >= 11 is 0. The zero-order chi connectivity index (χ0) is 21.0. The Hall–Kier alpha value is -3.79. The van der Waals surface area contributed by atoms with E-state index in [9.17, 15) is 23.2 Å². The van der Waals surface area contributed by atoms with E-state index in [1.807, 2.05) is 31.2 Å². The summed E-state index contributed by atoms with van der Waals surface area (Å²) in [6, 6.07) is 17.1. The lowest BCUT2D eigenvalue weighted by Crippen LogP contribution is -2.17. The first-order chi connectivity index (χ1) is 13.8. The van der Waals surface area contributed by atoms with E-state index in [2.05, 4.69) is 5.32 Å². The number of anilines is 1. The predicted octanol–water partition coefficient (Wildman–Crippen LogP) is 5.82. The number of hydrogen-bond acceptors (Lipinski definition) is 3. The third kappa shape index (κ3) is 4.74. The van der Waals surface area contributed by atoms with Gasteiger partial charge in [0.25, 0.3) is 5.91 Å². The van der Waals surface area contributed by atoms with Crippen LogP contribution in [0.4, 0.5) is 18.9 Å². The number of nitriles is 1. The van der Waals surface area contributed by atoms with Crippen molar-refractivity contribution in [3.8, 4) is 17.4 Å². The minimum Gasteiger partial charge on any atom is -0.457 e. The molecule has 1 amide bonds. The molecule has 0 aliphatic carbocycles. The maximum absolute atomic E-state index is 13.1. The molecular weight excluding hydrogens is 381 g/mol. The van der Waals surface area contributed by atoms with E-state index in [4.69, 9.17) is 4.42 Å². The van der Waals surface area contributed by atoms with Gasteiger partial charge < -0.3 is 9.73 Å². The van der Waals surface area contributed by atoms with E-state index in [-0.39, 0.29) is 11.3 Å². The zero-order valence-electron chi connectivity index (χ0n) is 15.2. The number of nitrogens with one attached hydrogen (secondary N) is 1. The molecule has 1 aromatic heterocycles. The number of rotatable bonds is 4. The van der Waals surface area contributed by atoms with Crippen molar-refractivity contribution in [3.05, 3.63) is 83.1 Å². The largest absolute Gasteiger partial charge is 0.457 e. The number of halogens is 3. The summed E-state index contributed by atoms with van der Waals surface area (Å²) in [5.74, 6) is -0.190. The van der Waals surface area contributed by atoms with E-state index >= 15 is 0 Å². The number of para-hydroxylation sites is 1. The van der Waals surface area contributed by atoms with Crippen LogP contribution in [0.5, 0.6) is 0 Å². The van der Waals surface area contributed by atoms with Crippen LogP contribution in [0.3, 0.4) is 0 Å². The Morgan fingerprint density at radius 1 is 1.07 bits per heavy atom. The second-order valence-corrected chi connectivity index (χ2v) is 6.24. The fourth-order valence-electron chi connectivity index (χ4n) is 2.62. The van der Waals surface area contributed by atoms with E-state index in [1.54, 1.807) is 18.2 Å². The molecule has 1 N–H and O–H groups in total. The van der Waals surface area contributed by atoms with Crippen molar-refractivity contribution in [2.75, 3.05) is 5.32 Å². The Morgan fingerprint density at radius 2 is 1.76 bits per heavy atom. The second-order valence-electron chi connectivity index (χ2n) is 6.24. The highest BCUT2D eigenvalue weighted by Gasteiger charge is 2.33. The van der Waals surface area contributed by atoms with Gasteiger partial charge in [0, 0.05) is 11.6 Å². The number of carbonyl (C=O) groups excluding carboxylic acids is 1. The molecule has 3 rings (SSSR count). The fourth-order valence-corrected chi connectivity index (χ4v) is 2.62. The maximum atomic E-state index is 13.1. The molecule has 0 fully saturated rings. The van der Waals surface area contributed by atoms with Crippen LogP contribution in [0.15, 0.2) is 70.7 Å². The van der Waals surface area contributed by atoms with Crippen molar-refractivity contribution < 1.29 is 22.4 Å². The van der Waals surface area contributed by atoms with Crippen molar-refractivity contribution in [2.45, 2.75) is 13.1 Å². The molecule has 0 saturated heterocycles. The number of benzene rings is 2. The van der Waals surface area contributed by atoms with Crippen molar-refractivity contribution in [2.24, 2.45) is 0 Å². The van der Waals surface area contributed by atoms with Gasteiger partial charge in [0.15, 0.2) is 0 Å². The lowest BCUT2D eigenvalue weighted by atomic mass is 10.1. The number of amides is 1. The van der Waals surface area contributed by atoms with Gasteiger partial charge in [-0.05, 0) is 31.2 Å². The third-order valence-corrected chi connectivity index (χ3v) is 4.10. The van der Waals surface area contributed by atoms with Crippen molar-refractivity contribution >= 4 is 17.7 Å². The average molecular weight is 396 g/mol. The highest BCUT2D eigenvalue weighted by molar-refractivity contribution is 6.09. The summed E-state index contributed by atoms with van der Waals surface area (Å²) in [6.07, 6.45) is -3.45. The monoisotopic (exact) mass is 396 g/mol. The molecule has 0 unspecified atom stereocenters. The molecule has 0 aliphatic heterocycles. The molecule has 7 heteroatoms. The number of nitrogens with zero attached hydrogens (tertiary/aromatic N) is 1. The van der Waals surface area contributed by atoms with Gasteiger partial charge in [-0.15, -0.1) is 0 Å². The van der Waals surface area contributed by atoms with Crippen LogP contribution in [0.1, 0.15) is 16.9 Å². The third-order valence-electron chi connectivity index (χ3n) is 4.10. The van der Waals surface area contributed by atoms with Crippen LogP contribution < -0.4 is 5.32 Å². The Balaban J connectivity index is 1.83. The van der Waals surface area contributed by atoms with Crippen LogP contribution in [0.25, 0.3) is 17.4 Å². The van der Waals surface area contributed by atoms with Gasteiger partial charge in [0.05, 0.1) is 11.3 Å². The number of hydrogen-bond donors (Lipinski definition) is 1. The fraction of sp³-hybridized carbons (Fsp3) is 0.0909. The Labute approximate surface area is 164 Å². The summed E-state index contributed by atoms with van der Waals surface area (Å²) in [5, 5.41) is 11.4. The molecule has 29 heavy (non-hydrogen) atoms. The molecule has 0 aliphatic rings. The molecule has 2 aromatic carbocycles. The van der Waals surface area contributed by atoms with Gasteiger partial charge in [-0.2, -0.15) is 18.4 Å². The molecule has 0 saturated carbocycles. The first kappa shape index (κ1) is 20.0. The van der Waals surface area contributed by atoms with E-state index in [0.29, 0.717) is 5.76 Å². The molecule has 0 atom stereocenters. The van der Waals surface area contributed by atoms with Crippen molar-refractivity contribution in [3.63, 3.8) is 0 Å². The molecule has 3 aromatic rings. The second kappa shape index (κ2) is 8.07. The average Bonchev–Trinajstić information content (AvgIpc) is 3.15. The minimum absolute atomic E-state index is 0.233. The molecule has 146 valence electrons. The summed E-state index contributed by atoms with van der Waals surface area (Å²) in [6.45, 7) is 1.95. The summed E-state index contributed by atoms with van der Waals surface area (Å²) in [5.41, 5.74) is 0.100. The van der Waals surface area contributed by atoms with Crippen LogP contribution in [-0.2, 0) is 11.0 Å². The Kier molecular flexibility index (Phi) is 5.55. The van der Waals surface area contributed by atoms with Crippen LogP contribution in [-0.4, -0.2) is 5.91 Å². The Bertz CT molecular complexity index is 1100. The van der Waals surface area contributed by atoms with E-state index in [0.717, 1.165) is 23.3 Å². The molecule has 0 spiro atoms. The first-order valence-electron chi connectivity index (χ1n) is 8.54. The van der Waals surface area contributed by atoms with Gasteiger partial charge >= 0.3 is 6.18 Å². The normalized spacial score (nSPS) is 11.8. The lowest BCUT2D eigenvalue weighted by molar-refractivity contribution is -0.137. The number of carbonyl (C=O) groups is 1. The van der Waals surface area contributed by atoms with Gasteiger partial charge in [0.2, 0.25) is 0 Å². The van der Waals surface area contributed by atoms with Gasteiger partial charge in [0.1, 0.15) is 23.2 Å². The summed E-state index contributed by atoms with van der Waals surface area (Å²) < 4.78 is 44.8. The summed E-state index contributed by atoms with van der Waals surface area (Å²) in [4.78, 5) is 12.3. The zero-order valence-corrected chi connectivity index (χ0v) is 15.2. The quantitative estimate of drug-likeness (QED) is 0.446. The number of aryl methyl sites for hydroxylation is 1. The standard InChI is InChI=1S/C22H15F3N2O2/c1-14-6-8-15(9-7-14)20-11-10-17(29-20)12-16(13-26)21(28)27-19-5-3-2-4-18(19)22(23,24)25/h2-12H,1H3,(H,27,28)/b16-12+. The number of alkyl halides is 3. The van der Waals surface area contributed by atoms with Crippen LogP contribution in [0.2, 0.25) is 0 Å².